The van der Waals surface area contributed by atoms with Gasteiger partial charge in [0.05, 0.1) is 0 Å². The zero-order chi connectivity index (χ0) is 9.97. The molecule has 0 spiro atoms. The van der Waals surface area contributed by atoms with E-state index < -0.39 is 0 Å². The van der Waals surface area contributed by atoms with Crippen LogP contribution in [0.5, 0.6) is 0 Å². The Labute approximate surface area is 84.7 Å². The van der Waals surface area contributed by atoms with Gasteiger partial charge in [-0.2, -0.15) is 0 Å². The van der Waals surface area contributed by atoms with Crippen molar-refractivity contribution < 1.29 is 0 Å². The van der Waals surface area contributed by atoms with E-state index in [0.29, 0.717) is 6.04 Å². The van der Waals surface area contributed by atoms with E-state index in [9.17, 15) is 0 Å². The van der Waals surface area contributed by atoms with Crippen LogP contribution in [0.1, 0.15) is 31.9 Å². The minimum atomic E-state index is 0.552. The van der Waals surface area contributed by atoms with E-state index in [4.69, 9.17) is 0 Å². The topological polar surface area (TPSA) is 42.7 Å². The number of nitrogens with one attached hydrogen (secondary N) is 1. The molecule has 0 aromatic carbocycles. The van der Waals surface area contributed by atoms with Gasteiger partial charge < -0.3 is 9.88 Å². The second kappa shape index (κ2) is 4.09. The highest BCUT2D eigenvalue weighted by Crippen LogP contribution is 2.13. The van der Waals surface area contributed by atoms with Gasteiger partial charge in [-0.25, -0.2) is 0 Å². The van der Waals surface area contributed by atoms with E-state index >= 15 is 0 Å². The predicted octanol–water partition coefficient (Wildman–Crippen LogP) is 0.765. The summed E-state index contributed by atoms with van der Waals surface area (Å²) in [4.78, 5) is 0. The van der Waals surface area contributed by atoms with Crippen molar-refractivity contribution in [3.05, 3.63) is 11.6 Å². The minimum Gasteiger partial charge on any atom is -0.315 e. The number of aryl methyl sites for hydroxylation is 1. The van der Waals surface area contributed by atoms with Crippen molar-refractivity contribution in [2.24, 2.45) is 0 Å². The molecule has 4 nitrogen and oxygen atoms in total. The highest BCUT2D eigenvalue weighted by molar-refractivity contribution is 5.00. The summed E-state index contributed by atoms with van der Waals surface area (Å²) in [7, 11) is 0. The molecule has 1 aromatic heterocycles. The van der Waals surface area contributed by atoms with Gasteiger partial charge in [0.2, 0.25) is 0 Å². The van der Waals surface area contributed by atoms with Crippen LogP contribution in [0, 0.1) is 0 Å². The van der Waals surface area contributed by atoms with Gasteiger partial charge in [-0.1, -0.05) is 13.8 Å². The summed E-state index contributed by atoms with van der Waals surface area (Å²) < 4.78 is 2.27. The molecule has 78 valence electrons. The van der Waals surface area contributed by atoms with E-state index in [-0.39, 0.29) is 0 Å². The number of rotatable bonds is 4. The maximum absolute atomic E-state index is 4.21. The van der Waals surface area contributed by atoms with Crippen molar-refractivity contribution in [3.63, 3.8) is 0 Å². The van der Waals surface area contributed by atoms with Crippen LogP contribution in [0.4, 0.5) is 0 Å². The Balaban J connectivity index is 1.90. The number of hydrogen-bond donors (Lipinski definition) is 1. The Morgan fingerprint density at radius 2 is 2.29 bits per heavy atom. The van der Waals surface area contributed by atoms with Crippen LogP contribution in [0.25, 0.3) is 0 Å². The van der Waals surface area contributed by atoms with Crippen molar-refractivity contribution >= 4 is 0 Å². The smallest absolute Gasteiger partial charge is 0.134 e. The Morgan fingerprint density at radius 1 is 1.43 bits per heavy atom. The Hall–Kier alpha value is -0.900. The van der Waals surface area contributed by atoms with Crippen molar-refractivity contribution in [2.45, 2.75) is 45.7 Å². The highest BCUT2D eigenvalue weighted by atomic mass is 15.3. The molecule has 0 aliphatic carbocycles. The summed E-state index contributed by atoms with van der Waals surface area (Å²) >= 11 is 0. The third-order valence-corrected chi connectivity index (χ3v) is 2.59. The molecule has 0 amide bonds. The first-order valence-electron chi connectivity index (χ1n) is 5.41. The SMILES string of the molecule is CC(C)NCCc1nnc2n1CCC2. The summed E-state index contributed by atoms with van der Waals surface area (Å²) in [6.45, 7) is 6.43. The molecular formula is C10H18N4. The second-order valence-electron chi connectivity index (χ2n) is 4.15. The fraction of sp³-hybridized carbons (Fsp3) is 0.800. The van der Waals surface area contributed by atoms with Crippen LogP contribution in [0.15, 0.2) is 0 Å². The third-order valence-electron chi connectivity index (χ3n) is 2.59. The average molecular weight is 194 g/mol. The molecule has 1 aliphatic rings. The third kappa shape index (κ3) is 1.95. The Bertz CT molecular complexity index is 303. The van der Waals surface area contributed by atoms with Crippen LogP contribution in [-0.2, 0) is 19.4 Å². The summed E-state index contributed by atoms with van der Waals surface area (Å²) in [5.41, 5.74) is 0. The van der Waals surface area contributed by atoms with Crippen LogP contribution in [0.3, 0.4) is 0 Å². The molecule has 14 heavy (non-hydrogen) atoms. The fourth-order valence-corrected chi connectivity index (χ4v) is 1.87. The molecule has 0 fully saturated rings. The van der Waals surface area contributed by atoms with Gasteiger partial charge in [-0.05, 0) is 6.42 Å². The lowest BCUT2D eigenvalue weighted by Crippen LogP contribution is -2.25. The first-order valence-corrected chi connectivity index (χ1v) is 5.41. The van der Waals surface area contributed by atoms with Crippen LogP contribution in [0.2, 0.25) is 0 Å². The molecule has 1 N–H and O–H groups in total. The molecule has 1 aromatic rings. The fourth-order valence-electron chi connectivity index (χ4n) is 1.87. The highest BCUT2D eigenvalue weighted by Gasteiger charge is 2.16. The second-order valence-corrected chi connectivity index (χ2v) is 4.15. The predicted molar refractivity (Wildman–Crippen MR) is 55.2 cm³/mol. The number of nitrogens with zero attached hydrogens (tertiary/aromatic N) is 3. The van der Waals surface area contributed by atoms with Crippen LogP contribution >= 0.6 is 0 Å². The number of fused-ring (bicyclic) bond motifs is 1. The number of hydrogen-bond acceptors (Lipinski definition) is 3. The normalized spacial score (nSPS) is 15.1. The van der Waals surface area contributed by atoms with E-state index in [2.05, 4.69) is 33.9 Å². The quantitative estimate of drug-likeness (QED) is 0.769. The Kier molecular flexibility index (Phi) is 2.82. The minimum absolute atomic E-state index is 0.552. The molecule has 0 unspecified atom stereocenters. The van der Waals surface area contributed by atoms with Crippen molar-refractivity contribution in [1.29, 1.82) is 0 Å². The zero-order valence-corrected chi connectivity index (χ0v) is 8.95. The molecule has 0 saturated carbocycles. The molecule has 0 saturated heterocycles. The first-order chi connectivity index (χ1) is 6.77. The molecule has 4 heteroatoms. The first kappa shape index (κ1) is 9.65. The van der Waals surface area contributed by atoms with Gasteiger partial charge in [0.25, 0.3) is 0 Å². The van der Waals surface area contributed by atoms with Gasteiger partial charge >= 0.3 is 0 Å². The molecule has 0 bridgehead atoms. The molecule has 2 heterocycles. The van der Waals surface area contributed by atoms with Crippen molar-refractivity contribution in [3.8, 4) is 0 Å². The van der Waals surface area contributed by atoms with E-state index in [1.165, 1.54) is 12.2 Å². The lowest BCUT2D eigenvalue weighted by Gasteiger charge is -2.07. The summed E-state index contributed by atoms with van der Waals surface area (Å²) in [5.74, 6) is 2.31. The van der Waals surface area contributed by atoms with E-state index in [1.807, 2.05) is 0 Å². The maximum atomic E-state index is 4.21. The van der Waals surface area contributed by atoms with Gasteiger partial charge in [0.1, 0.15) is 11.6 Å². The monoisotopic (exact) mass is 194 g/mol. The van der Waals surface area contributed by atoms with Crippen LogP contribution in [-0.4, -0.2) is 27.4 Å². The standard InChI is InChI=1S/C10H18N4/c1-8(2)11-6-5-10-13-12-9-4-3-7-14(9)10/h8,11H,3-7H2,1-2H3. The van der Waals surface area contributed by atoms with Gasteiger partial charge in [0.15, 0.2) is 0 Å². The summed E-state index contributed by atoms with van der Waals surface area (Å²) in [5, 5.41) is 11.8. The van der Waals surface area contributed by atoms with Crippen molar-refractivity contribution in [1.82, 2.24) is 20.1 Å². The molecule has 1 aliphatic heterocycles. The largest absolute Gasteiger partial charge is 0.315 e. The molecule has 0 atom stereocenters. The van der Waals surface area contributed by atoms with Crippen molar-refractivity contribution in [2.75, 3.05) is 6.54 Å². The lowest BCUT2D eigenvalue weighted by atomic mass is 10.3. The van der Waals surface area contributed by atoms with E-state index in [1.54, 1.807) is 0 Å². The zero-order valence-electron chi connectivity index (χ0n) is 8.95. The average Bonchev–Trinajstić information content (AvgIpc) is 2.67. The van der Waals surface area contributed by atoms with Gasteiger partial charge in [-0.15, -0.1) is 10.2 Å². The summed E-state index contributed by atoms with van der Waals surface area (Å²) in [6.07, 6.45) is 3.32. The maximum Gasteiger partial charge on any atom is 0.134 e. The molecule has 2 rings (SSSR count). The molecule has 0 radical (unpaired) electrons. The Morgan fingerprint density at radius 3 is 3.07 bits per heavy atom. The van der Waals surface area contributed by atoms with Crippen LogP contribution < -0.4 is 5.32 Å². The molecular weight excluding hydrogens is 176 g/mol. The van der Waals surface area contributed by atoms with E-state index in [0.717, 1.165) is 31.8 Å². The van der Waals surface area contributed by atoms with Gasteiger partial charge in [-0.3, -0.25) is 0 Å². The number of aromatic nitrogens is 3. The van der Waals surface area contributed by atoms with Gasteiger partial charge in [0, 0.05) is 32.0 Å². The lowest BCUT2D eigenvalue weighted by molar-refractivity contribution is 0.570. The summed E-state index contributed by atoms with van der Waals surface area (Å²) in [6, 6.07) is 0.552.